The number of thioether (sulfide) groups is 1. The zero-order chi connectivity index (χ0) is 26.7. The highest BCUT2D eigenvalue weighted by Crippen LogP contribution is 2.14. The first-order chi connectivity index (χ1) is 18.0. The summed E-state index contributed by atoms with van der Waals surface area (Å²) in [5, 5.41) is 15.3. The summed E-state index contributed by atoms with van der Waals surface area (Å²) in [6.45, 7) is 7.58. The first kappa shape index (κ1) is 30.0. The molecule has 1 aliphatic rings. The van der Waals surface area contributed by atoms with Gasteiger partial charge in [-0.3, -0.25) is 14.6 Å². The Labute approximate surface area is 226 Å². The SMILES string of the molecule is C/C=C\C(=C/C)OCCCC(=O)Nc1nnc(C)s1.O=C(CCCOc1ccccc1)NC1=NCCS1. The number of hydrogen-bond acceptors (Lipinski definition) is 9. The van der Waals surface area contributed by atoms with Gasteiger partial charge >= 0.3 is 0 Å². The maximum Gasteiger partial charge on any atom is 0.226 e. The number of rotatable bonds is 12. The summed E-state index contributed by atoms with van der Waals surface area (Å²) in [6, 6.07) is 9.61. The van der Waals surface area contributed by atoms with E-state index in [0.29, 0.717) is 44.0 Å². The number of allylic oxidation sites excluding steroid dienone is 3. The lowest BCUT2D eigenvalue weighted by atomic mass is 10.3. The van der Waals surface area contributed by atoms with Crippen molar-refractivity contribution in [3.63, 3.8) is 0 Å². The van der Waals surface area contributed by atoms with Crippen LogP contribution in [0.15, 0.2) is 59.3 Å². The van der Waals surface area contributed by atoms with E-state index in [-0.39, 0.29) is 11.8 Å². The van der Waals surface area contributed by atoms with Crippen LogP contribution in [0.3, 0.4) is 0 Å². The molecule has 0 bridgehead atoms. The van der Waals surface area contributed by atoms with Crippen molar-refractivity contribution in [1.82, 2.24) is 15.5 Å². The smallest absolute Gasteiger partial charge is 0.226 e. The van der Waals surface area contributed by atoms with Crippen LogP contribution in [0.1, 0.15) is 44.5 Å². The van der Waals surface area contributed by atoms with Crippen LogP contribution in [-0.2, 0) is 14.3 Å². The van der Waals surface area contributed by atoms with E-state index in [1.807, 2.05) is 69.3 Å². The Bertz CT molecular complexity index is 1050. The highest BCUT2D eigenvalue weighted by Gasteiger charge is 2.10. The Hall–Kier alpha value is -3.18. The molecule has 0 fully saturated rings. The molecule has 9 nitrogen and oxygen atoms in total. The lowest BCUT2D eigenvalue weighted by Gasteiger charge is -2.06. The first-order valence-corrected chi connectivity index (χ1v) is 14.0. The normalized spacial score (nSPS) is 12.9. The molecule has 0 saturated carbocycles. The van der Waals surface area contributed by atoms with Crippen molar-refractivity contribution in [2.75, 3.05) is 30.8 Å². The number of benzene rings is 1. The van der Waals surface area contributed by atoms with E-state index in [1.54, 1.807) is 11.8 Å². The minimum absolute atomic E-state index is 0.0137. The van der Waals surface area contributed by atoms with Gasteiger partial charge in [0.1, 0.15) is 16.5 Å². The summed E-state index contributed by atoms with van der Waals surface area (Å²) in [6.07, 6.45) is 7.95. The van der Waals surface area contributed by atoms with Crippen molar-refractivity contribution in [2.24, 2.45) is 4.99 Å². The van der Waals surface area contributed by atoms with Gasteiger partial charge in [0.05, 0.1) is 19.8 Å². The van der Waals surface area contributed by atoms with Crippen LogP contribution in [0.25, 0.3) is 0 Å². The van der Waals surface area contributed by atoms with E-state index in [9.17, 15) is 9.59 Å². The highest BCUT2D eigenvalue weighted by atomic mass is 32.2. The van der Waals surface area contributed by atoms with Crippen LogP contribution in [0, 0.1) is 6.92 Å². The number of aliphatic imine (C=N–C) groups is 1. The van der Waals surface area contributed by atoms with Gasteiger partial charge in [-0.1, -0.05) is 47.4 Å². The number of carbonyl (C=O) groups excluding carboxylic acids is 2. The van der Waals surface area contributed by atoms with Gasteiger partial charge in [0.2, 0.25) is 16.9 Å². The summed E-state index contributed by atoms with van der Waals surface area (Å²) >= 11 is 2.96. The Morgan fingerprint density at radius 2 is 1.76 bits per heavy atom. The summed E-state index contributed by atoms with van der Waals surface area (Å²) < 4.78 is 11.0. The topological polar surface area (TPSA) is 115 Å². The molecule has 11 heteroatoms. The number of amides is 2. The molecule has 2 N–H and O–H groups in total. The minimum Gasteiger partial charge on any atom is -0.494 e. The molecule has 0 radical (unpaired) electrons. The molecular formula is C26H35N5O4S2. The Morgan fingerprint density at radius 1 is 1.03 bits per heavy atom. The van der Waals surface area contributed by atoms with Crippen LogP contribution < -0.4 is 15.4 Å². The average molecular weight is 546 g/mol. The molecule has 0 spiro atoms. The van der Waals surface area contributed by atoms with Crippen molar-refractivity contribution in [3.05, 3.63) is 59.3 Å². The molecule has 0 aliphatic carbocycles. The van der Waals surface area contributed by atoms with Crippen molar-refractivity contribution in [1.29, 1.82) is 0 Å². The van der Waals surface area contributed by atoms with Gasteiger partial charge in [0.15, 0.2) is 5.17 Å². The second-order valence-electron chi connectivity index (χ2n) is 7.67. The van der Waals surface area contributed by atoms with Gasteiger partial charge in [-0.2, -0.15) is 0 Å². The number of nitrogens with one attached hydrogen (secondary N) is 2. The van der Waals surface area contributed by atoms with E-state index in [0.717, 1.165) is 34.0 Å². The van der Waals surface area contributed by atoms with E-state index in [2.05, 4.69) is 25.8 Å². The third-order valence-electron chi connectivity index (χ3n) is 4.60. The predicted octanol–water partition coefficient (Wildman–Crippen LogP) is 5.13. The quantitative estimate of drug-likeness (QED) is 0.216. The maximum absolute atomic E-state index is 11.6. The van der Waals surface area contributed by atoms with Gasteiger partial charge in [-0.25, -0.2) is 0 Å². The van der Waals surface area contributed by atoms with E-state index in [4.69, 9.17) is 9.47 Å². The molecule has 200 valence electrons. The third kappa shape index (κ3) is 13.6. The molecule has 1 aromatic heterocycles. The van der Waals surface area contributed by atoms with Gasteiger partial charge in [-0.15, -0.1) is 10.2 Å². The molecule has 2 aromatic rings. The molecule has 37 heavy (non-hydrogen) atoms. The van der Waals surface area contributed by atoms with Gasteiger partial charge in [0, 0.05) is 18.6 Å². The van der Waals surface area contributed by atoms with Crippen molar-refractivity contribution in [2.45, 2.75) is 46.5 Å². The maximum atomic E-state index is 11.6. The molecule has 1 aliphatic heterocycles. The number of aryl methyl sites for hydroxylation is 1. The number of aromatic nitrogens is 2. The van der Waals surface area contributed by atoms with E-state index in [1.165, 1.54) is 11.3 Å². The van der Waals surface area contributed by atoms with Gasteiger partial charge in [-0.05, 0) is 57.9 Å². The number of amidine groups is 1. The molecule has 2 heterocycles. The summed E-state index contributed by atoms with van der Waals surface area (Å²) in [5.74, 6) is 2.58. The largest absolute Gasteiger partial charge is 0.494 e. The number of carbonyl (C=O) groups is 2. The first-order valence-electron chi connectivity index (χ1n) is 12.2. The fourth-order valence-electron chi connectivity index (χ4n) is 2.88. The van der Waals surface area contributed by atoms with Crippen LogP contribution >= 0.6 is 23.1 Å². The molecule has 2 amide bonds. The fraction of sp³-hybridized carbons (Fsp3) is 0.423. The van der Waals surface area contributed by atoms with E-state index >= 15 is 0 Å². The molecule has 0 atom stereocenters. The zero-order valence-electron chi connectivity index (χ0n) is 21.6. The fourth-order valence-corrected chi connectivity index (χ4v) is 4.23. The molecule has 1 aromatic carbocycles. The lowest BCUT2D eigenvalue weighted by molar-refractivity contribution is -0.120. The second-order valence-corrected chi connectivity index (χ2v) is 9.93. The van der Waals surface area contributed by atoms with Crippen LogP contribution in [0.2, 0.25) is 0 Å². The van der Waals surface area contributed by atoms with Crippen molar-refractivity contribution >= 4 is 45.2 Å². The standard InChI is InChI=1S/C13H19N3O2S.C13H16N2O2S/c1-4-7-11(5-2)18-9-6-8-12(17)14-13-16-15-10(3)19-13;16-12(15-13-14-8-10-18-13)7-4-9-17-11-5-2-1-3-6-11/h4-5,7H,6,8-9H2,1-3H3,(H,14,16,17);1-3,5-6H,4,7-10H2,(H,14,15,16)/b7-4-,11-5+;. The van der Waals surface area contributed by atoms with E-state index < -0.39 is 0 Å². The van der Waals surface area contributed by atoms with Gasteiger partial charge < -0.3 is 20.1 Å². The molecule has 0 saturated heterocycles. The number of hydrogen-bond donors (Lipinski definition) is 2. The Kier molecular flexibility index (Phi) is 14.7. The zero-order valence-corrected chi connectivity index (χ0v) is 23.2. The molecular weight excluding hydrogens is 510 g/mol. The summed E-state index contributed by atoms with van der Waals surface area (Å²) in [5.41, 5.74) is 0. The monoisotopic (exact) mass is 545 g/mol. The number of ether oxygens (including phenoxy) is 2. The lowest BCUT2D eigenvalue weighted by Crippen LogP contribution is -2.27. The predicted molar refractivity (Wildman–Crippen MR) is 151 cm³/mol. The second kappa shape index (κ2) is 18.1. The van der Waals surface area contributed by atoms with Crippen molar-refractivity contribution < 1.29 is 19.1 Å². The van der Waals surface area contributed by atoms with Crippen LogP contribution in [-0.4, -0.2) is 52.7 Å². The van der Waals surface area contributed by atoms with Crippen molar-refractivity contribution in [3.8, 4) is 5.75 Å². The number of para-hydroxylation sites is 1. The number of anilines is 1. The van der Waals surface area contributed by atoms with Gasteiger partial charge in [0.25, 0.3) is 0 Å². The Balaban J connectivity index is 0.000000260. The van der Waals surface area contributed by atoms with Crippen LogP contribution in [0.5, 0.6) is 5.75 Å². The van der Waals surface area contributed by atoms with Crippen LogP contribution in [0.4, 0.5) is 5.13 Å². The molecule has 0 unspecified atom stereocenters. The highest BCUT2D eigenvalue weighted by molar-refractivity contribution is 8.14. The minimum atomic E-state index is -0.0622. The molecule has 3 rings (SSSR count). The third-order valence-corrected chi connectivity index (χ3v) is 6.24. The average Bonchev–Trinajstić information content (AvgIpc) is 3.56. The summed E-state index contributed by atoms with van der Waals surface area (Å²) in [7, 11) is 0. The summed E-state index contributed by atoms with van der Waals surface area (Å²) in [4.78, 5) is 27.3. The Morgan fingerprint density at radius 3 is 2.38 bits per heavy atom. The number of nitrogens with zero attached hydrogens (tertiary/aromatic N) is 3.